The lowest BCUT2D eigenvalue weighted by atomic mass is 9.50. The van der Waals surface area contributed by atoms with Gasteiger partial charge in [0.2, 0.25) is 0 Å². The van der Waals surface area contributed by atoms with Gasteiger partial charge in [0, 0.05) is 23.2 Å². The highest BCUT2D eigenvalue weighted by molar-refractivity contribution is 6.01. The molecule has 14 heavy (non-hydrogen) atoms. The van der Waals surface area contributed by atoms with Gasteiger partial charge in [-0.2, -0.15) is 0 Å². The van der Waals surface area contributed by atoms with Crippen molar-refractivity contribution in [3.63, 3.8) is 0 Å². The lowest BCUT2D eigenvalue weighted by Crippen LogP contribution is -2.53. The molecule has 0 aromatic heterocycles. The third kappa shape index (κ3) is 0.709. The van der Waals surface area contributed by atoms with Crippen molar-refractivity contribution in [2.24, 2.45) is 22.7 Å². The van der Waals surface area contributed by atoms with Crippen LogP contribution < -0.4 is 0 Å². The van der Waals surface area contributed by atoms with Crippen molar-refractivity contribution in [1.82, 2.24) is 0 Å². The number of carbonyl (C=O) groups is 2. The normalized spacial score (nSPS) is 55.6. The molecule has 4 rings (SSSR count). The first-order valence-corrected chi connectivity index (χ1v) is 5.55. The molecule has 0 saturated heterocycles. The predicted molar refractivity (Wildman–Crippen MR) is 51.7 cm³/mol. The highest BCUT2D eigenvalue weighted by Crippen LogP contribution is 2.64. The first-order valence-electron chi connectivity index (χ1n) is 5.55. The van der Waals surface area contributed by atoms with Gasteiger partial charge in [-0.15, -0.1) is 0 Å². The fourth-order valence-corrected chi connectivity index (χ4v) is 4.27. The van der Waals surface area contributed by atoms with Crippen LogP contribution in [-0.2, 0) is 9.59 Å². The fraction of sp³-hybridized carbons (Fsp3) is 0.833. The third-order valence-corrected chi connectivity index (χ3v) is 5.00. The van der Waals surface area contributed by atoms with Crippen LogP contribution in [0.1, 0.15) is 39.5 Å². The van der Waals surface area contributed by atoms with Crippen LogP contribution in [0.4, 0.5) is 0 Å². The van der Waals surface area contributed by atoms with Crippen molar-refractivity contribution in [3.05, 3.63) is 0 Å². The van der Waals surface area contributed by atoms with Crippen molar-refractivity contribution >= 4 is 11.6 Å². The third-order valence-electron chi connectivity index (χ3n) is 5.00. The molecule has 0 spiro atoms. The Labute approximate surface area is 84.1 Å². The average molecular weight is 192 g/mol. The lowest BCUT2D eigenvalue weighted by Gasteiger charge is -2.51. The van der Waals surface area contributed by atoms with E-state index in [4.69, 9.17) is 0 Å². The Morgan fingerprint density at radius 2 is 2.00 bits per heavy atom. The highest BCUT2D eigenvalue weighted by Gasteiger charge is 2.66. The smallest absolute Gasteiger partial charge is 0.145 e. The van der Waals surface area contributed by atoms with Gasteiger partial charge in [0.25, 0.3) is 0 Å². The van der Waals surface area contributed by atoms with Gasteiger partial charge >= 0.3 is 0 Å². The molecule has 4 aliphatic rings. The van der Waals surface area contributed by atoms with E-state index in [0.29, 0.717) is 23.9 Å². The maximum absolute atomic E-state index is 12.3. The van der Waals surface area contributed by atoms with Gasteiger partial charge in [-0.1, -0.05) is 13.8 Å². The van der Waals surface area contributed by atoms with Crippen LogP contribution in [0.5, 0.6) is 0 Å². The van der Waals surface area contributed by atoms with E-state index in [0.717, 1.165) is 19.3 Å². The fourth-order valence-electron chi connectivity index (χ4n) is 4.27. The maximum Gasteiger partial charge on any atom is 0.145 e. The molecule has 2 heteroatoms. The van der Waals surface area contributed by atoms with Gasteiger partial charge in [0.05, 0.1) is 0 Å². The second-order valence-electron chi connectivity index (χ2n) is 5.91. The van der Waals surface area contributed by atoms with E-state index in [2.05, 4.69) is 6.92 Å². The van der Waals surface area contributed by atoms with Crippen molar-refractivity contribution in [1.29, 1.82) is 0 Å². The predicted octanol–water partition coefficient (Wildman–Crippen LogP) is 1.97. The van der Waals surface area contributed by atoms with E-state index >= 15 is 0 Å². The summed E-state index contributed by atoms with van der Waals surface area (Å²) in [5.41, 5.74) is -0.451. The molecular formula is C12H16O2. The lowest BCUT2D eigenvalue weighted by molar-refractivity contribution is -0.153. The number of hydrogen-bond acceptors (Lipinski definition) is 2. The molecule has 4 saturated carbocycles. The van der Waals surface area contributed by atoms with E-state index in [-0.39, 0.29) is 16.7 Å². The summed E-state index contributed by atoms with van der Waals surface area (Å²) in [7, 11) is 0. The van der Waals surface area contributed by atoms with E-state index in [1.165, 1.54) is 0 Å². The zero-order valence-corrected chi connectivity index (χ0v) is 8.80. The molecule has 0 unspecified atom stereocenters. The molecule has 0 aromatic carbocycles. The largest absolute Gasteiger partial charge is 0.299 e. The number of Topliss-reactive ketones (excluding diaryl/α,β-unsaturated/α-hetero) is 2. The summed E-state index contributed by atoms with van der Waals surface area (Å²) < 4.78 is 0. The topological polar surface area (TPSA) is 34.1 Å². The summed E-state index contributed by atoms with van der Waals surface area (Å²) in [4.78, 5) is 24.1. The maximum atomic E-state index is 12.3. The Bertz CT molecular complexity index is 346. The molecule has 0 N–H and O–H groups in total. The van der Waals surface area contributed by atoms with Crippen LogP contribution in [0.3, 0.4) is 0 Å². The standard InChI is InChI=1S/C12H16O2/c1-11-4-3-8-7(5-11)9(13)6-12(8,2)10(11)14/h7-8H,3-6H2,1-2H3/t7-,8+,11-,12-/m0/s1. The Balaban J connectivity index is 2.17. The summed E-state index contributed by atoms with van der Waals surface area (Å²) in [6, 6.07) is 0. The van der Waals surface area contributed by atoms with Gasteiger partial charge in [-0.3, -0.25) is 9.59 Å². The van der Waals surface area contributed by atoms with Crippen molar-refractivity contribution in [2.75, 3.05) is 0 Å². The van der Waals surface area contributed by atoms with Gasteiger partial charge in [-0.25, -0.2) is 0 Å². The number of hydrogen-bond donors (Lipinski definition) is 0. The summed E-state index contributed by atoms with van der Waals surface area (Å²) in [6.07, 6.45) is 3.46. The van der Waals surface area contributed by atoms with Crippen LogP contribution in [-0.4, -0.2) is 11.6 Å². The minimum atomic E-state index is -0.285. The van der Waals surface area contributed by atoms with E-state index in [1.54, 1.807) is 0 Å². The zero-order chi connectivity index (χ0) is 10.1. The first kappa shape index (κ1) is 8.63. The Morgan fingerprint density at radius 3 is 2.71 bits per heavy atom. The number of rotatable bonds is 0. The van der Waals surface area contributed by atoms with Crippen LogP contribution in [0, 0.1) is 22.7 Å². The van der Waals surface area contributed by atoms with Crippen LogP contribution in [0.15, 0.2) is 0 Å². The molecule has 0 radical (unpaired) electrons. The van der Waals surface area contributed by atoms with Crippen molar-refractivity contribution < 1.29 is 9.59 Å². The van der Waals surface area contributed by atoms with Gasteiger partial charge in [0.15, 0.2) is 0 Å². The Hall–Kier alpha value is -0.660. The van der Waals surface area contributed by atoms with Gasteiger partial charge in [0.1, 0.15) is 11.6 Å². The minimum Gasteiger partial charge on any atom is -0.299 e. The monoisotopic (exact) mass is 192 g/mol. The molecule has 0 aromatic rings. The quantitative estimate of drug-likeness (QED) is 0.588. The van der Waals surface area contributed by atoms with Crippen molar-refractivity contribution in [2.45, 2.75) is 39.5 Å². The van der Waals surface area contributed by atoms with Crippen LogP contribution in [0.2, 0.25) is 0 Å². The molecule has 4 atom stereocenters. The van der Waals surface area contributed by atoms with Gasteiger partial charge < -0.3 is 0 Å². The molecule has 4 fully saturated rings. The molecule has 0 heterocycles. The summed E-state index contributed by atoms with van der Waals surface area (Å²) >= 11 is 0. The molecular weight excluding hydrogens is 176 g/mol. The first-order chi connectivity index (χ1) is 6.47. The number of ketones is 2. The Morgan fingerprint density at radius 1 is 1.29 bits per heavy atom. The molecule has 2 nitrogen and oxygen atoms in total. The molecule has 0 aliphatic heterocycles. The minimum absolute atomic E-state index is 0.166. The van der Waals surface area contributed by atoms with Gasteiger partial charge in [-0.05, 0) is 25.2 Å². The molecule has 4 bridgehead atoms. The molecule has 0 amide bonds. The molecule has 4 aliphatic carbocycles. The van der Waals surface area contributed by atoms with Crippen LogP contribution in [0.25, 0.3) is 0 Å². The van der Waals surface area contributed by atoms with E-state index in [1.807, 2.05) is 6.92 Å². The second kappa shape index (κ2) is 2.12. The van der Waals surface area contributed by atoms with E-state index in [9.17, 15) is 9.59 Å². The SMILES string of the molecule is C[C@]12CC[C@@H]3[C@H](C1)C(=O)C[C@]3(C)C2=O. The summed E-state index contributed by atoms with van der Waals surface area (Å²) in [6.45, 7) is 4.09. The summed E-state index contributed by atoms with van der Waals surface area (Å²) in [5, 5.41) is 0. The zero-order valence-electron chi connectivity index (χ0n) is 8.80. The summed E-state index contributed by atoms with van der Waals surface area (Å²) in [5.74, 6) is 1.33. The average Bonchev–Trinajstić information content (AvgIpc) is 2.34. The highest BCUT2D eigenvalue weighted by atomic mass is 16.1. The van der Waals surface area contributed by atoms with Crippen molar-refractivity contribution in [3.8, 4) is 0 Å². The number of fused-ring (bicyclic) bond motifs is 1. The Kier molecular flexibility index (Phi) is 1.31. The van der Waals surface area contributed by atoms with E-state index < -0.39 is 0 Å². The van der Waals surface area contributed by atoms with Crippen LogP contribution >= 0.6 is 0 Å². The second-order valence-corrected chi connectivity index (χ2v) is 5.91. The number of carbonyl (C=O) groups excluding carboxylic acids is 2. The molecule has 76 valence electrons.